The third kappa shape index (κ3) is 4.30. The highest BCUT2D eigenvalue weighted by molar-refractivity contribution is 8.00. The lowest BCUT2D eigenvalue weighted by molar-refractivity contribution is -0.115. The third-order valence-electron chi connectivity index (χ3n) is 2.73. The van der Waals surface area contributed by atoms with Crippen molar-refractivity contribution >= 4 is 46.6 Å². The van der Waals surface area contributed by atoms with Crippen molar-refractivity contribution in [2.45, 2.75) is 17.1 Å². The largest absolute Gasteiger partial charge is 0.506 e. The first-order valence-corrected chi connectivity index (χ1v) is 7.81. The zero-order valence-electron chi connectivity index (χ0n) is 11.1. The van der Waals surface area contributed by atoms with E-state index in [1.54, 1.807) is 19.1 Å². The zero-order chi connectivity index (χ0) is 15.4. The van der Waals surface area contributed by atoms with Crippen LogP contribution in [0.1, 0.15) is 6.92 Å². The van der Waals surface area contributed by atoms with Crippen molar-refractivity contribution in [1.29, 1.82) is 0 Å². The molecule has 0 saturated carbocycles. The first-order valence-electron chi connectivity index (χ1n) is 6.18. The number of nitrogens with one attached hydrogen (secondary N) is 1. The second-order valence-corrected chi connectivity index (χ2v) is 6.57. The Hall–Kier alpha value is -1.36. The van der Waals surface area contributed by atoms with Crippen molar-refractivity contribution in [3.05, 3.63) is 52.5 Å². The minimum Gasteiger partial charge on any atom is -0.506 e. The molecule has 21 heavy (non-hydrogen) atoms. The van der Waals surface area contributed by atoms with Gasteiger partial charge in [0.25, 0.3) is 0 Å². The highest BCUT2D eigenvalue weighted by Crippen LogP contribution is 2.32. The van der Waals surface area contributed by atoms with Gasteiger partial charge in [0.05, 0.1) is 16.0 Å². The van der Waals surface area contributed by atoms with Crippen LogP contribution in [0.2, 0.25) is 10.0 Å². The van der Waals surface area contributed by atoms with Gasteiger partial charge in [-0.25, -0.2) is 0 Å². The van der Waals surface area contributed by atoms with Gasteiger partial charge in [0.15, 0.2) is 0 Å². The summed E-state index contributed by atoms with van der Waals surface area (Å²) in [6, 6.07) is 11.8. The van der Waals surface area contributed by atoms with Crippen LogP contribution in [0.4, 0.5) is 5.69 Å². The standard InChI is InChI=1S/C15H13Cl2NO2S/c1-9(21-14-5-3-2-4-11(14)17)15(20)18-12-8-10(16)6-7-13(12)19/h2-9,19H,1H3,(H,18,20). The highest BCUT2D eigenvalue weighted by atomic mass is 35.5. The molecule has 110 valence electrons. The number of benzene rings is 2. The number of carbonyl (C=O) groups excluding carboxylic acids is 1. The number of hydrogen-bond acceptors (Lipinski definition) is 3. The van der Waals surface area contributed by atoms with Crippen molar-refractivity contribution in [3.8, 4) is 5.75 Å². The fraction of sp³-hybridized carbons (Fsp3) is 0.133. The number of thioether (sulfide) groups is 1. The number of anilines is 1. The predicted octanol–water partition coefficient (Wildman–Crippen LogP) is 4.82. The molecule has 0 heterocycles. The van der Waals surface area contributed by atoms with Gasteiger partial charge in [-0.15, -0.1) is 11.8 Å². The molecule has 0 radical (unpaired) electrons. The summed E-state index contributed by atoms with van der Waals surface area (Å²) in [7, 11) is 0. The van der Waals surface area contributed by atoms with Crippen molar-refractivity contribution in [2.75, 3.05) is 5.32 Å². The topological polar surface area (TPSA) is 49.3 Å². The maximum absolute atomic E-state index is 12.2. The number of phenolic OH excluding ortho intramolecular Hbond substituents is 1. The number of phenols is 1. The monoisotopic (exact) mass is 341 g/mol. The Morgan fingerprint density at radius 2 is 1.95 bits per heavy atom. The first-order chi connectivity index (χ1) is 9.97. The number of rotatable bonds is 4. The van der Waals surface area contributed by atoms with Gasteiger partial charge in [0, 0.05) is 9.92 Å². The van der Waals surface area contributed by atoms with E-state index in [1.807, 2.05) is 18.2 Å². The molecular formula is C15H13Cl2NO2S. The zero-order valence-corrected chi connectivity index (χ0v) is 13.5. The Kier molecular flexibility index (Phi) is 5.39. The highest BCUT2D eigenvalue weighted by Gasteiger charge is 2.17. The molecule has 2 N–H and O–H groups in total. The second-order valence-electron chi connectivity index (χ2n) is 4.34. The van der Waals surface area contributed by atoms with E-state index < -0.39 is 0 Å². The molecule has 0 aliphatic rings. The minimum absolute atomic E-state index is 0.0253. The van der Waals surface area contributed by atoms with Gasteiger partial charge in [0.1, 0.15) is 5.75 Å². The summed E-state index contributed by atoms with van der Waals surface area (Å²) in [5.74, 6) is -0.264. The molecular weight excluding hydrogens is 329 g/mol. The van der Waals surface area contributed by atoms with E-state index in [-0.39, 0.29) is 16.9 Å². The minimum atomic E-state index is -0.372. The van der Waals surface area contributed by atoms with E-state index in [9.17, 15) is 9.90 Å². The van der Waals surface area contributed by atoms with E-state index in [4.69, 9.17) is 23.2 Å². The summed E-state index contributed by atoms with van der Waals surface area (Å²) in [5.41, 5.74) is 0.291. The lowest BCUT2D eigenvalue weighted by atomic mass is 10.3. The van der Waals surface area contributed by atoms with Gasteiger partial charge in [-0.2, -0.15) is 0 Å². The molecule has 0 aliphatic heterocycles. The maximum Gasteiger partial charge on any atom is 0.237 e. The molecule has 0 fully saturated rings. The molecule has 2 aromatic rings. The Morgan fingerprint density at radius 1 is 1.24 bits per heavy atom. The van der Waals surface area contributed by atoms with Crippen LogP contribution in [-0.4, -0.2) is 16.3 Å². The molecule has 0 aromatic heterocycles. The van der Waals surface area contributed by atoms with Crippen LogP contribution in [-0.2, 0) is 4.79 Å². The Morgan fingerprint density at radius 3 is 2.67 bits per heavy atom. The average molecular weight is 342 g/mol. The molecule has 1 atom stereocenters. The number of aromatic hydroxyl groups is 1. The van der Waals surface area contributed by atoms with Gasteiger partial charge in [-0.05, 0) is 37.3 Å². The van der Waals surface area contributed by atoms with Crippen molar-refractivity contribution in [2.24, 2.45) is 0 Å². The summed E-state index contributed by atoms with van der Waals surface area (Å²) in [6.07, 6.45) is 0. The van der Waals surface area contributed by atoms with Crippen LogP contribution in [0.25, 0.3) is 0 Å². The maximum atomic E-state index is 12.2. The third-order valence-corrected chi connectivity index (χ3v) is 4.58. The Bertz CT molecular complexity index is 664. The molecule has 0 saturated heterocycles. The summed E-state index contributed by atoms with van der Waals surface area (Å²) in [5, 5.41) is 13.0. The Balaban J connectivity index is 2.06. The number of amides is 1. The van der Waals surface area contributed by atoms with Crippen molar-refractivity contribution in [3.63, 3.8) is 0 Å². The number of halogens is 2. The van der Waals surface area contributed by atoms with E-state index in [2.05, 4.69) is 5.32 Å². The first kappa shape index (κ1) is 16.0. The van der Waals surface area contributed by atoms with Gasteiger partial charge < -0.3 is 10.4 Å². The van der Waals surface area contributed by atoms with E-state index >= 15 is 0 Å². The van der Waals surface area contributed by atoms with Gasteiger partial charge in [-0.1, -0.05) is 35.3 Å². The van der Waals surface area contributed by atoms with Crippen LogP contribution >= 0.6 is 35.0 Å². The molecule has 0 bridgehead atoms. The average Bonchev–Trinajstić information content (AvgIpc) is 2.45. The molecule has 6 heteroatoms. The summed E-state index contributed by atoms with van der Waals surface area (Å²) >= 11 is 13.3. The quantitative estimate of drug-likeness (QED) is 0.619. The van der Waals surface area contributed by atoms with E-state index in [1.165, 1.54) is 23.9 Å². The van der Waals surface area contributed by atoms with Gasteiger partial charge in [0.2, 0.25) is 5.91 Å². The van der Waals surface area contributed by atoms with Crippen LogP contribution in [0.5, 0.6) is 5.75 Å². The van der Waals surface area contributed by atoms with Crippen LogP contribution in [0.15, 0.2) is 47.4 Å². The van der Waals surface area contributed by atoms with Crippen LogP contribution < -0.4 is 5.32 Å². The molecule has 1 unspecified atom stereocenters. The summed E-state index contributed by atoms with van der Waals surface area (Å²) in [4.78, 5) is 13.0. The summed E-state index contributed by atoms with van der Waals surface area (Å²) < 4.78 is 0. The van der Waals surface area contributed by atoms with Crippen LogP contribution in [0, 0.1) is 0 Å². The van der Waals surface area contributed by atoms with Crippen molar-refractivity contribution in [1.82, 2.24) is 0 Å². The fourth-order valence-corrected chi connectivity index (χ4v) is 2.95. The molecule has 0 spiro atoms. The molecule has 2 rings (SSSR count). The van der Waals surface area contributed by atoms with Gasteiger partial charge in [-0.3, -0.25) is 4.79 Å². The number of carbonyl (C=O) groups is 1. The molecule has 2 aromatic carbocycles. The normalized spacial score (nSPS) is 12.0. The Labute approximate surface area is 137 Å². The molecule has 3 nitrogen and oxygen atoms in total. The molecule has 1 amide bonds. The smallest absolute Gasteiger partial charge is 0.237 e. The predicted molar refractivity (Wildman–Crippen MR) is 88.5 cm³/mol. The van der Waals surface area contributed by atoms with Crippen LogP contribution in [0.3, 0.4) is 0 Å². The van der Waals surface area contributed by atoms with Crippen molar-refractivity contribution < 1.29 is 9.90 Å². The lowest BCUT2D eigenvalue weighted by Crippen LogP contribution is -2.22. The second kappa shape index (κ2) is 7.07. The molecule has 0 aliphatic carbocycles. The van der Waals surface area contributed by atoms with E-state index in [0.717, 1.165) is 4.90 Å². The lowest BCUT2D eigenvalue weighted by Gasteiger charge is -2.13. The summed E-state index contributed by atoms with van der Waals surface area (Å²) in [6.45, 7) is 1.77. The number of hydrogen-bond donors (Lipinski definition) is 2. The SMILES string of the molecule is CC(Sc1ccccc1Cl)C(=O)Nc1cc(Cl)ccc1O. The fourth-order valence-electron chi connectivity index (χ4n) is 1.63. The van der Waals surface area contributed by atoms with Gasteiger partial charge >= 0.3 is 0 Å². The van der Waals surface area contributed by atoms with E-state index in [0.29, 0.717) is 15.7 Å².